The van der Waals surface area contributed by atoms with Gasteiger partial charge < -0.3 is 18.9 Å². The summed E-state index contributed by atoms with van der Waals surface area (Å²) in [5.41, 5.74) is 0. The van der Waals surface area contributed by atoms with Gasteiger partial charge in [0.05, 0.1) is 27.7 Å². The van der Waals surface area contributed by atoms with Crippen LogP contribution in [0.4, 0.5) is 0 Å². The minimum atomic E-state index is -4.40. The lowest BCUT2D eigenvalue weighted by Crippen LogP contribution is -2.37. The van der Waals surface area contributed by atoms with Gasteiger partial charge in [0.1, 0.15) is 19.8 Å². The lowest BCUT2D eigenvalue weighted by Gasteiger charge is -2.24. The molecule has 0 rings (SSSR count). The molecule has 0 aromatic rings. The number of allylic oxidation sites excluding steroid dienone is 14. The van der Waals surface area contributed by atoms with Crippen LogP contribution in [0.2, 0.25) is 0 Å². The Hall–Kier alpha value is -2.81. The van der Waals surface area contributed by atoms with Crippen LogP contribution in [0.15, 0.2) is 85.1 Å². The van der Waals surface area contributed by atoms with E-state index in [-0.39, 0.29) is 25.6 Å². The first-order valence-electron chi connectivity index (χ1n) is 44.8. The summed E-state index contributed by atoms with van der Waals surface area (Å²) in [6.45, 7) is 4.39. The second-order valence-corrected chi connectivity index (χ2v) is 33.1. The first-order chi connectivity index (χ1) is 50.5. The van der Waals surface area contributed by atoms with E-state index < -0.39 is 26.5 Å². The van der Waals surface area contributed by atoms with Gasteiger partial charge in [-0.3, -0.25) is 18.6 Å². The number of carbonyl (C=O) groups is 2. The average molecular weight is 1460 g/mol. The van der Waals surface area contributed by atoms with Crippen molar-refractivity contribution in [2.75, 3.05) is 47.5 Å². The average Bonchev–Trinajstić information content (AvgIpc) is 1.01. The highest BCUT2D eigenvalue weighted by molar-refractivity contribution is 7.47. The Bertz CT molecular complexity index is 2020. The normalized spacial score (nSPS) is 13.3. The summed E-state index contributed by atoms with van der Waals surface area (Å²) < 4.78 is 34.9. The van der Waals surface area contributed by atoms with Crippen molar-refractivity contribution in [3.05, 3.63) is 85.1 Å². The smallest absolute Gasteiger partial charge is 0.462 e. The zero-order chi connectivity index (χ0) is 74.7. The largest absolute Gasteiger partial charge is 0.472 e. The van der Waals surface area contributed by atoms with E-state index in [0.29, 0.717) is 23.9 Å². The van der Waals surface area contributed by atoms with Crippen molar-refractivity contribution in [2.45, 2.75) is 450 Å². The topological polar surface area (TPSA) is 108 Å². The van der Waals surface area contributed by atoms with Crippen molar-refractivity contribution in [1.29, 1.82) is 0 Å². The molecule has 1 N–H and O–H groups in total. The lowest BCUT2D eigenvalue weighted by molar-refractivity contribution is -0.870. The van der Waals surface area contributed by atoms with E-state index >= 15 is 0 Å². The van der Waals surface area contributed by atoms with Gasteiger partial charge in [0.25, 0.3) is 0 Å². The number of hydrogen-bond acceptors (Lipinski definition) is 7. The van der Waals surface area contributed by atoms with Gasteiger partial charge in [-0.2, -0.15) is 0 Å². The summed E-state index contributed by atoms with van der Waals surface area (Å²) in [4.78, 5) is 36.1. The van der Waals surface area contributed by atoms with E-state index in [2.05, 4.69) is 98.9 Å². The number of likely N-dealkylation sites (N-methyl/N-ethyl adjacent to an activating group) is 1. The molecule has 0 aliphatic rings. The Morgan fingerprint density at radius 3 is 0.825 bits per heavy atom. The summed E-state index contributed by atoms with van der Waals surface area (Å²) >= 11 is 0. The molecule has 602 valence electrons. The fourth-order valence-corrected chi connectivity index (χ4v) is 14.2. The first-order valence-corrected chi connectivity index (χ1v) is 46.3. The molecule has 2 atom stereocenters. The number of phosphoric acid groups is 1. The Morgan fingerprint density at radius 2 is 0.553 bits per heavy atom. The summed E-state index contributed by atoms with van der Waals surface area (Å²) in [6.07, 6.45) is 116. The van der Waals surface area contributed by atoms with Crippen LogP contribution in [-0.2, 0) is 32.7 Å². The monoisotopic (exact) mass is 1460 g/mol. The molecule has 103 heavy (non-hydrogen) atoms. The standard InChI is InChI=1S/C93H172NO8P/c1-6-8-10-12-14-16-18-20-22-24-26-28-30-32-34-36-38-40-42-44-46-48-49-51-53-55-57-59-61-63-65-67-69-71-73-75-77-79-81-83-85-92(95)99-89-91(90-101-103(97,98)100-88-87-94(3,4)5)102-93(96)86-84-82-80-78-76-74-72-70-68-66-64-62-60-58-56-54-52-50-47-45-43-41-39-37-35-33-31-29-27-25-23-21-19-17-15-13-11-9-7-2/h9,11,15,17,21,23,27,29,33,35,39,41,45,47,91H,6-8,10,12-14,16,18-20,22,24-26,28,30-32,34,36-38,40,42-44,46,48-90H2,1-5H3/p+1/b11-9-,17-15-,23-21-,29-27-,35-33-,41-39-,47-45-. The number of nitrogens with zero attached hydrogens (tertiary/aromatic N) is 1. The maximum atomic E-state index is 12.9. The second kappa shape index (κ2) is 83.2. The number of quaternary nitrogens is 1. The molecule has 9 nitrogen and oxygen atoms in total. The molecule has 10 heteroatoms. The van der Waals surface area contributed by atoms with Crippen molar-refractivity contribution < 1.29 is 42.1 Å². The summed E-state index contributed by atoms with van der Waals surface area (Å²) in [7, 11) is 1.50. The van der Waals surface area contributed by atoms with Crippen LogP contribution in [0.25, 0.3) is 0 Å². The lowest BCUT2D eigenvalue weighted by atomic mass is 10.0. The molecule has 0 aromatic heterocycles. The van der Waals surface area contributed by atoms with E-state index in [0.717, 1.165) is 77.0 Å². The molecule has 0 radical (unpaired) electrons. The van der Waals surface area contributed by atoms with Crippen LogP contribution >= 0.6 is 7.82 Å². The minimum absolute atomic E-state index is 0.0326. The molecule has 2 unspecified atom stereocenters. The van der Waals surface area contributed by atoms with Gasteiger partial charge in [0, 0.05) is 12.8 Å². The molecule has 0 saturated carbocycles. The highest BCUT2D eigenvalue weighted by Crippen LogP contribution is 2.43. The zero-order valence-electron chi connectivity index (χ0n) is 69.1. The Balaban J connectivity index is 3.87. The van der Waals surface area contributed by atoms with Gasteiger partial charge in [0.2, 0.25) is 0 Å². The molecule has 0 heterocycles. The number of rotatable bonds is 84. The van der Waals surface area contributed by atoms with Crippen molar-refractivity contribution in [3.63, 3.8) is 0 Å². The maximum absolute atomic E-state index is 12.9. The molecule has 0 aliphatic heterocycles. The second-order valence-electron chi connectivity index (χ2n) is 31.6. The van der Waals surface area contributed by atoms with Crippen LogP contribution in [-0.4, -0.2) is 74.9 Å². The Kier molecular flexibility index (Phi) is 81.0. The third-order valence-corrected chi connectivity index (χ3v) is 21.2. The molecular formula is C93H173NO8P+. The SMILES string of the molecule is CC/C=C\C/C=C\C/C=C\C/C=C\C/C=C\C/C=C\C/C=C\CCCCCCCCCCCCCCCCCCCC(=O)OC(COC(=O)CCCCCCCCCCCCCCCCCCCCCCCCCCCCCCCCCCCCCCCCCC)COP(=O)(O)OCC[N+](C)(C)C. The van der Waals surface area contributed by atoms with E-state index in [1.165, 1.54) is 334 Å². The predicted octanol–water partition coefficient (Wildman–Crippen LogP) is 30.4. The fourth-order valence-electron chi connectivity index (χ4n) is 13.4. The fraction of sp³-hybridized carbons (Fsp3) is 0.828. The van der Waals surface area contributed by atoms with Gasteiger partial charge in [-0.15, -0.1) is 0 Å². The quantitative estimate of drug-likeness (QED) is 0.0211. The number of ether oxygens (including phenoxy) is 2. The van der Waals surface area contributed by atoms with E-state index in [4.69, 9.17) is 18.5 Å². The van der Waals surface area contributed by atoms with E-state index in [9.17, 15) is 19.0 Å². The summed E-state index contributed by atoms with van der Waals surface area (Å²) in [5.74, 6) is -0.776. The van der Waals surface area contributed by atoms with Gasteiger partial charge in [-0.25, -0.2) is 4.57 Å². The molecule has 0 aromatic carbocycles. The molecule has 0 aliphatic carbocycles. The molecular weight excluding hydrogens is 1290 g/mol. The third-order valence-electron chi connectivity index (χ3n) is 20.2. The number of unbranched alkanes of at least 4 members (excludes halogenated alkanes) is 56. The third kappa shape index (κ3) is 88.0. The van der Waals surface area contributed by atoms with Crippen LogP contribution in [0.3, 0.4) is 0 Å². The van der Waals surface area contributed by atoms with Crippen LogP contribution in [0.5, 0.6) is 0 Å². The van der Waals surface area contributed by atoms with Crippen LogP contribution in [0.1, 0.15) is 444 Å². The number of carbonyl (C=O) groups excluding carboxylic acids is 2. The van der Waals surface area contributed by atoms with Crippen molar-refractivity contribution >= 4 is 19.8 Å². The highest BCUT2D eigenvalue weighted by atomic mass is 31.2. The zero-order valence-corrected chi connectivity index (χ0v) is 70.0. The summed E-state index contributed by atoms with van der Waals surface area (Å²) in [5, 5.41) is 0. The maximum Gasteiger partial charge on any atom is 0.472 e. The molecule has 0 saturated heterocycles. The number of hydrogen-bond donors (Lipinski definition) is 1. The van der Waals surface area contributed by atoms with Crippen molar-refractivity contribution in [2.24, 2.45) is 0 Å². The van der Waals surface area contributed by atoms with E-state index in [1.807, 2.05) is 21.1 Å². The summed E-state index contributed by atoms with van der Waals surface area (Å²) in [6, 6.07) is 0. The van der Waals surface area contributed by atoms with Gasteiger partial charge >= 0.3 is 19.8 Å². The Morgan fingerprint density at radius 1 is 0.311 bits per heavy atom. The van der Waals surface area contributed by atoms with Gasteiger partial charge in [-0.1, -0.05) is 446 Å². The predicted molar refractivity (Wildman–Crippen MR) is 450 cm³/mol. The molecule has 0 amide bonds. The highest BCUT2D eigenvalue weighted by Gasteiger charge is 2.27. The molecule has 0 spiro atoms. The van der Waals surface area contributed by atoms with Crippen LogP contribution < -0.4 is 0 Å². The molecule has 0 fully saturated rings. The first kappa shape index (κ1) is 100. The Labute approximate surface area is 641 Å². The van der Waals surface area contributed by atoms with Crippen molar-refractivity contribution in [3.8, 4) is 0 Å². The number of esters is 2. The minimum Gasteiger partial charge on any atom is -0.462 e. The van der Waals surface area contributed by atoms with Gasteiger partial charge in [-0.05, 0) is 70.6 Å². The van der Waals surface area contributed by atoms with E-state index in [1.54, 1.807) is 0 Å². The van der Waals surface area contributed by atoms with Gasteiger partial charge in [0.15, 0.2) is 6.10 Å². The number of phosphoric ester groups is 1. The molecule has 0 bridgehead atoms. The van der Waals surface area contributed by atoms with Crippen molar-refractivity contribution in [1.82, 2.24) is 0 Å². The van der Waals surface area contributed by atoms with Crippen LogP contribution in [0, 0.1) is 0 Å².